The summed E-state index contributed by atoms with van der Waals surface area (Å²) in [5, 5.41) is 2.04. The van der Waals surface area contributed by atoms with E-state index in [2.05, 4.69) is 0 Å². The molecule has 0 bridgehead atoms. The first-order valence-corrected chi connectivity index (χ1v) is 7.40. The molecule has 0 saturated heterocycles. The van der Waals surface area contributed by atoms with Crippen LogP contribution in [0.25, 0.3) is 4.91 Å². The Morgan fingerprint density at radius 1 is 1.53 bits per heavy atom. The molecule has 2 aliphatic heterocycles. The number of fused-ring (bicyclic) bond motifs is 2. The van der Waals surface area contributed by atoms with Gasteiger partial charge in [0.1, 0.15) is 23.6 Å². The first kappa shape index (κ1) is 12.3. The number of carbonyl (C=O) groups is 1. The van der Waals surface area contributed by atoms with Crippen LogP contribution in [0.2, 0.25) is 0 Å². The van der Waals surface area contributed by atoms with E-state index in [0.29, 0.717) is 18.8 Å². The number of hydrogen-bond donors (Lipinski definition) is 1. The third-order valence-electron chi connectivity index (χ3n) is 3.22. The summed E-state index contributed by atoms with van der Waals surface area (Å²) in [6, 6.07) is 4.52. The van der Waals surface area contributed by atoms with Gasteiger partial charge in [0.15, 0.2) is 0 Å². The molecule has 3 nitrogen and oxygen atoms in total. The second-order valence-corrected chi connectivity index (χ2v) is 6.64. The number of rotatable bonds is 3. The molecule has 0 N–H and O–H groups in total. The average molecular weight is 280 g/mol. The number of hydrogen-bond acceptors (Lipinski definition) is 3. The molecular weight excluding hydrogens is 267 g/mol. The predicted octanol–water partition coefficient (Wildman–Crippen LogP) is 2.98. The van der Waals surface area contributed by atoms with Crippen molar-refractivity contribution in [2.24, 2.45) is 0 Å². The molecule has 0 amide bonds. The largest absolute Gasteiger partial charge is 0.488 e. The number of carbonyl (C=O) groups excluding carboxylic acids is 1. The molecule has 0 aromatic heterocycles. The molecule has 2 heterocycles. The predicted molar refractivity (Wildman–Crippen MR) is 73.6 cm³/mol. The van der Waals surface area contributed by atoms with E-state index in [1.165, 1.54) is 12.1 Å². The Kier molecular flexibility index (Phi) is 3.06. The minimum Gasteiger partial charge on any atom is -0.488 e. The van der Waals surface area contributed by atoms with E-state index in [4.69, 9.17) is 9.47 Å². The van der Waals surface area contributed by atoms with Gasteiger partial charge in [0.25, 0.3) is 6.47 Å². The van der Waals surface area contributed by atoms with Crippen LogP contribution in [0.4, 0.5) is 4.39 Å². The van der Waals surface area contributed by atoms with Crippen LogP contribution >= 0.6 is 10.9 Å². The minimum absolute atomic E-state index is 0.217. The standard InChI is InChI=1S/C14H13FO3S/c1-9(18-8-16)19-5-4-10-7-17-13-3-2-11(15)6-12(13)14(10)19/h2-6,8-9,19H,7H2,1H3. The molecule has 0 saturated carbocycles. The Bertz CT molecular complexity index is 594. The van der Waals surface area contributed by atoms with Crippen LogP contribution in [-0.2, 0) is 9.53 Å². The summed E-state index contributed by atoms with van der Waals surface area (Å²) in [4.78, 5) is 11.6. The number of benzene rings is 1. The molecule has 100 valence electrons. The van der Waals surface area contributed by atoms with Gasteiger partial charge < -0.3 is 9.47 Å². The van der Waals surface area contributed by atoms with Crippen molar-refractivity contribution in [3.63, 3.8) is 0 Å². The Morgan fingerprint density at radius 3 is 3.16 bits per heavy atom. The van der Waals surface area contributed by atoms with Crippen molar-refractivity contribution in [1.82, 2.24) is 0 Å². The molecule has 0 spiro atoms. The molecule has 0 fully saturated rings. The highest BCUT2D eigenvalue weighted by Gasteiger charge is 2.30. The van der Waals surface area contributed by atoms with E-state index < -0.39 is 10.9 Å². The zero-order valence-corrected chi connectivity index (χ0v) is 11.2. The highest BCUT2D eigenvalue weighted by molar-refractivity contribution is 8.28. The lowest BCUT2D eigenvalue weighted by Crippen LogP contribution is -2.12. The van der Waals surface area contributed by atoms with Crippen molar-refractivity contribution in [2.75, 3.05) is 6.61 Å². The van der Waals surface area contributed by atoms with Crippen molar-refractivity contribution in [3.8, 4) is 5.75 Å². The smallest absolute Gasteiger partial charge is 0.294 e. The summed E-state index contributed by atoms with van der Waals surface area (Å²) in [5.41, 5.74) is 1.61. The van der Waals surface area contributed by atoms with Crippen LogP contribution in [0, 0.1) is 5.82 Å². The highest BCUT2D eigenvalue weighted by atomic mass is 32.2. The zero-order chi connectivity index (χ0) is 13.4. The van der Waals surface area contributed by atoms with Crippen molar-refractivity contribution in [3.05, 3.63) is 46.6 Å². The fourth-order valence-corrected chi connectivity index (χ4v) is 4.54. The fourth-order valence-electron chi connectivity index (χ4n) is 2.34. The summed E-state index contributed by atoms with van der Waals surface area (Å²) in [6.07, 6.45) is 1.99. The molecule has 19 heavy (non-hydrogen) atoms. The van der Waals surface area contributed by atoms with Crippen molar-refractivity contribution in [1.29, 1.82) is 0 Å². The molecule has 3 rings (SSSR count). The van der Waals surface area contributed by atoms with Crippen molar-refractivity contribution >= 4 is 22.3 Å². The summed E-state index contributed by atoms with van der Waals surface area (Å²) >= 11 is 0. The molecule has 1 aromatic rings. The Balaban J connectivity index is 2.04. The summed E-state index contributed by atoms with van der Waals surface area (Å²) in [6.45, 7) is 2.80. The van der Waals surface area contributed by atoms with Crippen molar-refractivity contribution < 1.29 is 18.7 Å². The number of halogens is 1. The molecule has 1 aromatic carbocycles. The van der Waals surface area contributed by atoms with Crippen LogP contribution in [0.15, 0.2) is 35.3 Å². The van der Waals surface area contributed by atoms with Gasteiger partial charge in [-0.25, -0.2) is 4.39 Å². The second-order valence-electron chi connectivity index (χ2n) is 4.36. The molecule has 2 aliphatic rings. The Hall–Kier alpha value is -1.75. The summed E-state index contributed by atoms with van der Waals surface area (Å²) in [7, 11) is -0.770. The van der Waals surface area contributed by atoms with Gasteiger partial charge in [0, 0.05) is 16.0 Å². The van der Waals surface area contributed by atoms with Gasteiger partial charge in [-0.05, 0) is 36.6 Å². The summed E-state index contributed by atoms with van der Waals surface area (Å²) in [5.74, 6) is 0.400. The van der Waals surface area contributed by atoms with E-state index in [-0.39, 0.29) is 11.3 Å². The van der Waals surface area contributed by atoms with Crippen LogP contribution in [-0.4, -0.2) is 18.5 Å². The normalized spacial score (nSPS) is 23.4. The van der Waals surface area contributed by atoms with Crippen LogP contribution < -0.4 is 4.74 Å². The third-order valence-corrected chi connectivity index (χ3v) is 5.64. The maximum Gasteiger partial charge on any atom is 0.294 e. The van der Waals surface area contributed by atoms with Gasteiger partial charge in [0.05, 0.1) is 0 Å². The van der Waals surface area contributed by atoms with Crippen LogP contribution in [0.5, 0.6) is 5.75 Å². The second kappa shape index (κ2) is 4.74. The van der Waals surface area contributed by atoms with E-state index in [1.54, 1.807) is 6.07 Å². The van der Waals surface area contributed by atoms with Gasteiger partial charge in [-0.2, -0.15) is 10.9 Å². The summed E-state index contributed by atoms with van der Waals surface area (Å²) < 4.78 is 24.1. The van der Waals surface area contributed by atoms with Crippen LogP contribution in [0.3, 0.4) is 0 Å². The third kappa shape index (κ3) is 2.04. The van der Waals surface area contributed by atoms with E-state index in [1.807, 2.05) is 18.4 Å². The van der Waals surface area contributed by atoms with E-state index in [0.717, 1.165) is 16.0 Å². The zero-order valence-electron chi connectivity index (χ0n) is 10.3. The maximum atomic E-state index is 13.4. The van der Waals surface area contributed by atoms with Gasteiger partial charge in [-0.15, -0.1) is 0 Å². The lowest BCUT2D eigenvalue weighted by Gasteiger charge is -2.28. The van der Waals surface area contributed by atoms with Gasteiger partial charge in [-0.3, -0.25) is 4.79 Å². The first-order chi connectivity index (χ1) is 9.20. The van der Waals surface area contributed by atoms with Gasteiger partial charge >= 0.3 is 0 Å². The molecular formula is C14H13FO3S. The average Bonchev–Trinajstić information content (AvgIpc) is 2.83. The van der Waals surface area contributed by atoms with Crippen molar-refractivity contribution in [2.45, 2.75) is 12.4 Å². The lowest BCUT2D eigenvalue weighted by atomic mass is 10.1. The maximum absolute atomic E-state index is 13.4. The Labute approximate surface area is 113 Å². The van der Waals surface area contributed by atoms with E-state index >= 15 is 0 Å². The van der Waals surface area contributed by atoms with Crippen LogP contribution in [0.1, 0.15) is 12.5 Å². The SMILES string of the molecule is CC(OC=O)[SH]1C=CC2=C1c1cc(F)ccc1OC2. The molecule has 5 heteroatoms. The Morgan fingerprint density at radius 2 is 2.37 bits per heavy atom. The quantitative estimate of drug-likeness (QED) is 0.683. The lowest BCUT2D eigenvalue weighted by molar-refractivity contribution is -0.129. The minimum atomic E-state index is -0.770. The first-order valence-electron chi connectivity index (χ1n) is 5.92. The topological polar surface area (TPSA) is 35.5 Å². The fraction of sp³-hybridized carbons (Fsp3) is 0.214. The van der Waals surface area contributed by atoms with Gasteiger partial charge in [0.2, 0.25) is 0 Å². The number of thiol groups is 1. The monoisotopic (exact) mass is 280 g/mol. The van der Waals surface area contributed by atoms with E-state index in [9.17, 15) is 9.18 Å². The molecule has 0 radical (unpaired) electrons. The highest BCUT2D eigenvalue weighted by Crippen LogP contribution is 2.56. The molecule has 2 unspecified atom stereocenters. The van der Waals surface area contributed by atoms with Gasteiger partial charge in [-0.1, -0.05) is 0 Å². The molecule has 2 atom stereocenters. The number of ether oxygens (including phenoxy) is 2. The molecule has 0 aliphatic carbocycles.